The van der Waals surface area contributed by atoms with Crippen molar-refractivity contribution in [3.8, 4) is 5.75 Å². The maximum atomic E-state index is 11.0. The van der Waals surface area contributed by atoms with Crippen molar-refractivity contribution < 1.29 is 14.6 Å². The molecule has 3 nitrogen and oxygen atoms in total. The summed E-state index contributed by atoms with van der Waals surface area (Å²) in [5.41, 5.74) is 0.672. The van der Waals surface area contributed by atoms with E-state index in [1.165, 1.54) is 0 Å². The van der Waals surface area contributed by atoms with E-state index in [4.69, 9.17) is 33.0 Å². The van der Waals surface area contributed by atoms with Crippen molar-refractivity contribution in [2.24, 2.45) is 0 Å². The second kappa shape index (κ2) is 6.64. The first-order valence-electron chi connectivity index (χ1n) is 5.94. The Bertz CT molecular complexity index is 599. The van der Waals surface area contributed by atoms with E-state index >= 15 is 0 Å². The minimum atomic E-state index is -0.947. The molecule has 0 saturated heterocycles. The lowest BCUT2D eigenvalue weighted by atomic mass is 10.1. The molecule has 0 saturated carbocycles. The highest BCUT2D eigenvalue weighted by molar-refractivity contribution is 6.42. The lowest BCUT2D eigenvalue weighted by Crippen LogP contribution is -2.12. The van der Waals surface area contributed by atoms with E-state index in [1.807, 2.05) is 18.2 Å². The van der Waals surface area contributed by atoms with Crippen LogP contribution in [-0.4, -0.2) is 11.1 Å². The Hall–Kier alpha value is -1.71. The Kier molecular flexibility index (Phi) is 4.88. The quantitative estimate of drug-likeness (QED) is 0.878. The smallest absolute Gasteiger partial charge is 0.307 e. The molecule has 0 aliphatic heterocycles. The molecule has 0 aromatic heterocycles. The Morgan fingerprint density at radius 1 is 1.10 bits per heavy atom. The van der Waals surface area contributed by atoms with E-state index in [0.717, 1.165) is 0 Å². The Labute approximate surface area is 126 Å². The van der Waals surface area contributed by atoms with Gasteiger partial charge in [0.25, 0.3) is 0 Å². The van der Waals surface area contributed by atoms with Gasteiger partial charge in [-0.15, -0.1) is 0 Å². The molecule has 1 atom stereocenters. The van der Waals surface area contributed by atoms with Gasteiger partial charge in [-0.05, 0) is 29.8 Å². The first-order valence-corrected chi connectivity index (χ1v) is 6.70. The largest absolute Gasteiger partial charge is 0.485 e. The molecule has 1 unspecified atom stereocenters. The van der Waals surface area contributed by atoms with Gasteiger partial charge >= 0.3 is 5.97 Å². The van der Waals surface area contributed by atoms with Gasteiger partial charge in [0, 0.05) is 0 Å². The van der Waals surface area contributed by atoms with Crippen LogP contribution in [0.3, 0.4) is 0 Å². The number of halogens is 2. The van der Waals surface area contributed by atoms with Crippen molar-refractivity contribution in [1.29, 1.82) is 0 Å². The van der Waals surface area contributed by atoms with E-state index < -0.39 is 12.1 Å². The molecule has 0 heterocycles. The number of carboxylic acid groups (broad SMARTS) is 1. The summed E-state index contributed by atoms with van der Waals surface area (Å²) in [6.45, 7) is 0. The number of ether oxygens (including phenoxy) is 1. The van der Waals surface area contributed by atoms with E-state index in [0.29, 0.717) is 21.4 Å². The number of carboxylic acids is 1. The van der Waals surface area contributed by atoms with E-state index in [2.05, 4.69) is 0 Å². The molecule has 0 amide bonds. The Balaban J connectivity index is 2.27. The van der Waals surface area contributed by atoms with Gasteiger partial charge < -0.3 is 9.84 Å². The second-order valence-corrected chi connectivity index (χ2v) is 5.01. The third-order valence-corrected chi connectivity index (χ3v) is 3.44. The fourth-order valence-electron chi connectivity index (χ4n) is 1.76. The van der Waals surface area contributed by atoms with Crippen LogP contribution in [0.2, 0.25) is 10.0 Å². The summed E-state index contributed by atoms with van der Waals surface area (Å²) in [7, 11) is 0. The predicted molar refractivity (Wildman–Crippen MR) is 78.5 cm³/mol. The number of benzene rings is 2. The van der Waals surface area contributed by atoms with E-state index in [-0.39, 0.29) is 6.42 Å². The van der Waals surface area contributed by atoms with Crippen LogP contribution in [-0.2, 0) is 4.79 Å². The van der Waals surface area contributed by atoms with Gasteiger partial charge in [0.1, 0.15) is 11.9 Å². The average molecular weight is 311 g/mol. The molecular formula is C15H12Cl2O3. The fraction of sp³-hybridized carbons (Fsp3) is 0.133. The molecular weight excluding hydrogens is 299 g/mol. The zero-order valence-corrected chi connectivity index (χ0v) is 11.9. The number of para-hydroxylation sites is 1. The number of aliphatic carboxylic acids is 1. The second-order valence-electron chi connectivity index (χ2n) is 4.19. The van der Waals surface area contributed by atoms with Crippen molar-refractivity contribution >= 4 is 29.2 Å². The van der Waals surface area contributed by atoms with Crippen molar-refractivity contribution in [3.05, 3.63) is 64.1 Å². The monoisotopic (exact) mass is 310 g/mol. The fourth-order valence-corrected chi connectivity index (χ4v) is 2.07. The van der Waals surface area contributed by atoms with Gasteiger partial charge in [-0.1, -0.05) is 47.5 Å². The normalized spacial score (nSPS) is 11.9. The lowest BCUT2D eigenvalue weighted by Gasteiger charge is -2.18. The van der Waals surface area contributed by atoms with Gasteiger partial charge in [-0.2, -0.15) is 0 Å². The van der Waals surface area contributed by atoms with Crippen molar-refractivity contribution in [1.82, 2.24) is 0 Å². The molecule has 2 aromatic rings. The highest BCUT2D eigenvalue weighted by atomic mass is 35.5. The number of hydrogen-bond donors (Lipinski definition) is 1. The molecule has 0 aliphatic carbocycles. The first-order chi connectivity index (χ1) is 9.56. The highest BCUT2D eigenvalue weighted by Gasteiger charge is 2.18. The number of rotatable bonds is 5. The summed E-state index contributed by atoms with van der Waals surface area (Å²) in [6.07, 6.45) is -0.781. The summed E-state index contributed by atoms with van der Waals surface area (Å²) < 4.78 is 5.72. The number of hydrogen-bond acceptors (Lipinski definition) is 2. The third kappa shape index (κ3) is 3.89. The van der Waals surface area contributed by atoms with Gasteiger partial charge in [0.2, 0.25) is 0 Å². The highest BCUT2D eigenvalue weighted by Crippen LogP contribution is 2.30. The third-order valence-electron chi connectivity index (χ3n) is 2.70. The van der Waals surface area contributed by atoms with Gasteiger partial charge in [0.15, 0.2) is 0 Å². The zero-order chi connectivity index (χ0) is 14.5. The minimum absolute atomic E-state index is 0.160. The summed E-state index contributed by atoms with van der Waals surface area (Å²) in [5, 5.41) is 9.80. The summed E-state index contributed by atoms with van der Waals surface area (Å²) >= 11 is 11.8. The maximum absolute atomic E-state index is 11.0. The predicted octanol–water partition coefficient (Wildman–Crippen LogP) is 4.59. The van der Waals surface area contributed by atoms with Crippen LogP contribution < -0.4 is 4.74 Å². The molecule has 0 fully saturated rings. The molecule has 1 N–H and O–H groups in total. The van der Waals surface area contributed by atoms with Crippen LogP contribution in [0.15, 0.2) is 48.5 Å². The first kappa shape index (κ1) is 14.7. The van der Waals surface area contributed by atoms with Crippen LogP contribution in [0.5, 0.6) is 5.75 Å². The van der Waals surface area contributed by atoms with Gasteiger partial charge in [-0.25, -0.2) is 0 Å². The standard InChI is InChI=1S/C15H12Cl2O3/c16-12-7-6-10(8-13(12)17)14(9-15(18)19)20-11-4-2-1-3-5-11/h1-8,14H,9H2,(H,18,19). The van der Waals surface area contributed by atoms with Crippen LogP contribution in [0, 0.1) is 0 Å². The lowest BCUT2D eigenvalue weighted by molar-refractivity contribution is -0.138. The summed E-state index contributed by atoms with van der Waals surface area (Å²) in [4.78, 5) is 11.0. The maximum Gasteiger partial charge on any atom is 0.307 e. The minimum Gasteiger partial charge on any atom is -0.485 e. The molecule has 2 rings (SSSR count). The van der Waals surface area contributed by atoms with Crippen LogP contribution >= 0.6 is 23.2 Å². The van der Waals surface area contributed by atoms with E-state index in [9.17, 15) is 4.79 Å². The van der Waals surface area contributed by atoms with Crippen LogP contribution in [0.4, 0.5) is 0 Å². The Morgan fingerprint density at radius 3 is 2.40 bits per heavy atom. The summed E-state index contributed by atoms with van der Waals surface area (Å²) in [6, 6.07) is 14.0. The molecule has 20 heavy (non-hydrogen) atoms. The number of carbonyl (C=O) groups is 1. The van der Waals surface area contributed by atoms with Crippen molar-refractivity contribution in [2.75, 3.05) is 0 Å². The molecule has 0 spiro atoms. The summed E-state index contributed by atoms with van der Waals surface area (Å²) in [5.74, 6) is -0.346. The molecule has 2 aromatic carbocycles. The van der Waals surface area contributed by atoms with E-state index in [1.54, 1.807) is 30.3 Å². The Morgan fingerprint density at radius 2 is 1.80 bits per heavy atom. The molecule has 104 valence electrons. The van der Waals surface area contributed by atoms with Gasteiger partial charge in [0.05, 0.1) is 16.5 Å². The molecule has 0 bridgehead atoms. The topological polar surface area (TPSA) is 46.5 Å². The zero-order valence-electron chi connectivity index (χ0n) is 10.4. The molecule has 0 aliphatic rings. The van der Waals surface area contributed by atoms with Gasteiger partial charge in [-0.3, -0.25) is 4.79 Å². The van der Waals surface area contributed by atoms with Crippen LogP contribution in [0.25, 0.3) is 0 Å². The van der Waals surface area contributed by atoms with Crippen molar-refractivity contribution in [2.45, 2.75) is 12.5 Å². The van der Waals surface area contributed by atoms with Crippen molar-refractivity contribution in [3.63, 3.8) is 0 Å². The van der Waals surface area contributed by atoms with Crippen LogP contribution in [0.1, 0.15) is 18.1 Å². The molecule has 5 heteroatoms. The SMILES string of the molecule is O=C(O)CC(Oc1ccccc1)c1ccc(Cl)c(Cl)c1. The average Bonchev–Trinajstić information content (AvgIpc) is 2.42. The molecule has 0 radical (unpaired) electrons.